The van der Waals surface area contributed by atoms with Crippen molar-refractivity contribution >= 4 is 41.7 Å². The van der Waals surface area contributed by atoms with E-state index in [1.54, 1.807) is 7.11 Å². The standard InChI is InChI=1S/C19H31N3OS.HI/c1-6-20-18(21-14-19(2,3)24-5)22-12-11-16(13-22)15-7-9-17(23-4)10-8-15;/h7-10,16H,6,11-14H2,1-5H3,(H,20,21);1H. The Hall–Kier alpha value is -0.630. The number of nitrogens with zero attached hydrogens (tertiary/aromatic N) is 2. The van der Waals surface area contributed by atoms with Crippen molar-refractivity contribution in [2.24, 2.45) is 4.99 Å². The van der Waals surface area contributed by atoms with E-state index in [9.17, 15) is 0 Å². The molecule has 0 aromatic heterocycles. The number of rotatable bonds is 6. The fourth-order valence-corrected chi connectivity index (χ4v) is 3.05. The van der Waals surface area contributed by atoms with E-state index in [-0.39, 0.29) is 28.7 Å². The van der Waals surface area contributed by atoms with Gasteiger partial charge >= 0.3 is 0 Å². The van der Waals surface area contributed by atoms with Gasteiger partial charge in [0.1, 0.15) is 5.75 Å². The van der Waals surface area contributed by atoms with Gasteiger partial charge in [-0.3, -0.25) is 4.99 Å². The molecule has 1 fully saturated rings. The van der Waals surface area contributed by atoms with Gasteiger partial charge in [-0.2, -0.15) is 11.8 Å². The molecule has 1 aromatic carbocycles. The molecule has 1 unspecified atom stereocenters. The van der Waals surface area contributed by atoms with Crippen LogP contribution in [0.4, 0.5) is 0 Å². The SMILES string of the molecule is CCNC(=NCC(C)(C)SC)N1CCC(c2ccc(OC)cc2)C1.I. The molecular weight excluding hydrogens is 445 g/mol. The monoisotopic (exact) mass is 477 g/mol. The third-order valence-corrected chi connectivity index (χ3v) is 5.81. The molecule has 2 rings (SSSR count). The normalized spacial score (nSPS) is 18.0. The lowest BCUT2D eigenvalue weighted by molar-refractivity contribution is 0.414. The fourth-order valence-electron chi connectivity index (χ4n) is 2.86. The van der Waals surface area contributed by atoms with E-state index < -0.39 is 0 Å². The Kier molecular flexibility index (Phi) is 9.41. The number of thioether (sulfide) groups is 1. The molecule has 142 valence electrons. The van der Waals surface area contributed by atoms with Crippen LogP contribution in [-0.2, 0) is 0 Å². The molecule has 1 aliphatic rings. The van der Waals surface area contributed by atoms with Gasteiger partial charge in [0.15, 0.2) is 5.96 Å². The Morgan fingerprint density at radius 3 is 2.60 bits per heavy atom. The second kappa shape index (κ2) is 10.5. The van der Waals surface area contributed by atoms with Crippen molar-refractivity contribution in [3.05, 3.63) is 29.8 Å². The van der Waals surface area contributed by atoms with Crippen LogP contribution in [0.25, 0.3) is 0 Å². The van der Waals surface area contributed by atoms with Crippen molar-refractivity contribution in [1.82, 2.24) is 10.2 Å². The van der Waals surface area contributed by atoms with Crippen molar-refractivity contribution in [2.75, 3.05) is 39.5 Å². The van der Waals surface area contributed by atoms with Crippen LogP contribution in [0.2, 0.25) is 0 Å². The number of halogens is 1. The topological polar surface area (TPSA) is 36.9 Å². The van der Waals surface area contributed by atoms with Gasteiger partial charge in [-0.15, -0.1) is 24.0 Å². The number of aliphatic imine (C=N–C) groups is 1. The highest BCUT2D eigenvalue weighted by Crippen LogP contribution is 2.29. The lowest BCUT2D eigenvalue weighted by Crippen LogP contribution is -2.40. The summed E-state index contributed by atoms with van der Waals surface area (Å²) in [7, 11) is 1.71. The van der Waals surface area contributed by atoms with E-state index in [4.69, 9.17) is 9.73 Å². The Balaban J connectivity index is 0.00000312. The van der Waals surface area contributed by atoms with Crippen LogP contribution >= 0.6 is 35.7 Å². The molecule has 0 amide bonds. The molecule has 6 heteroatoms. The molecule has 0 aliphatic carbocycles. The summed E-state index contributed by atoms with van der Waals surface area (Å²) in [4.78, 5) is 7.28. The second-order valence-corrected chi connectivity index (χ2v) is 8.35. The second-order valence-electron chi connectivity index (χ2n) is 6.84. The fraction of sp³-hybridized carbons (Fsp3) is 0.632. The first-order valence-electron chi connectivity index (χ1n) is 8.71. The highest BCUT2D eigenvalue weighted by Gasteiger charge is 2.26. The van der Waals surface area contributed by atoms with Gasteiger partial charge in [0.05, 0.1) is 13.7 Å². The van der Waals surface area contributed by atoms with E-state index in [1.165, 1.54) is 12.0 Å². The van der Waals surface area contributed by atoms with Crippen molar-refractivity contribution in [2.45, 2.75) is 37.9 Å². The minimum Gasteiger partial charge on any atom is -0.497 e. The first kappa shape index (κ1) is 22.4. The van der Waals surface area contributed by atoms with Gasteiger partial charge in [-0.1, -0.05) is 12.1 Å². The van der Waals surface area contributed by atoms with Gasteiger partial charge in [0.2, 0.25) is 0 Å². The molecule has 0 spiro atoms. The summed E-state index contributed by atoms with van der Waals surface area (Å²) in [5.74, 6) is 2.53. The highest BCUT2D eigenvalue weighted by molar-refractivity contribution is 14.0. The lowest BCUT2D eigenvalue weighted by atomic mass is 9.98. The highest BCUT2D eigenvalue weighted by atomic mass is 127. The minimum absolute atomic E-state index is 0. The maximum atomic E-state index is 5.26. The maximum Gasteiger partial charge on any atom is 0.193 e. The molecule has 1 aliphatic heterocycles. The van der Waals surface area contributed by atoms with Crippen LogP contribution in [-0.4, -0.2) is 55.2 Å². The molecule has 1 saturated heterocycles. The van der Waals surface area contributed by atoms with E-state index in [0.29, 0.717) is 5.92 Å². The van der Waals surface area contributed by atoms with E-state index in [1.807, 2.05) is 11.8 Å². The molecule has 4 nitrogen and oxygen atoms in total. The number of nitrogens with one attached hydrogen (secondary N) is 1. The van der Waals surface area contributed by atoms with Gasteiger partial charge in [0, 0.05) is 30.3 Å². The summed E-state index contributed by atoms with van der Waals surface area (Å²) in [6, 6.07) is 8.48. The van der Waals surface area contributed by atoms with Crippen molar-refractivity contribution < 1.29 is 4.74 Å². The summed E-state index contributed by atoms with van der Waals surface area (Å²) >= 11 is 1.87. The predicted molar refractivity (Wildman–Crippen MR) is 121 cm³/mol. The van der Waals surface area contributed by atoms with Crippen molar-refractivity contribution in [1.29, 1.82) is 0 Å². The number of hydrogen-bond donors (Lipinski definition) is 1. The van der Waals surface area contributed by atoms with Crippen LogP contribution in [0.1, 0.15) is 38.7 Å². The molecule has 1 aromatic rings. The Bertz CT molecular complexity index is 548. The quantitative estimate of drug-likeness (QED) is 0.379. The molecular formula is C19H32IN3OS. The molecule has 1 atom stereocenters. The molecule has 1 heterocycles. The zero-order valence-corrected chi connectivity index (χ0v) is 19.2. The summed E-state index contributed by atoms with van der Waals surface area (Å²) < 4.78 is 5.43. The third kappa shape index (κ3) is 6.55. The zero-order chi connectivity index (χ0) is 17.6. The van der Waals surface area contributed by atoms with Crippen molar-refractivity contribution in [3.8, 4) is 5.75 Å². The number of guanidine groups is 1. The first-order valence-corrected chi connectivity index (χ1v) is 9.94. The summed E-state index contributed by atoms with van der Waals surface area (Å²) in [6.07, 6.45) is 3.32. The molecule has 1 N–H and O–H groups in total. The molecule has 0 radical (unpaired) electrons. The number of benzene rings is 1. The zero-order valence-electron chi connectivity index (χ0n) is 16.0. The smallest absolute Gasteiger partial charge is 0.193 e. The van der Waals surface area contributed by atoms with Crippen LogP contribution in [0.5, 0.6) is 5.75 Å². The molecule has 0 bridgehead atoms. The first-order chi connectivity index (χ1) is 11.5. The number of methoxy groups -OCH3 is 1. The number of ether oxygens (including phenoxy) is 1. The number of likely N-dealkylation sites (tertiary alicyclic amines) is 1. The van der Waals surface area contributed by atoms with Crippen LogP contribution in [0.3, 0.4) is 0 Å². The van der Waals surface area contributed by atoms with Gasteiger partial charge in [-0.25, -0.2) is 0 Å². The van der Waals surface area contributed by atoms with Crippen LogP contribution < -0.4 is 10.1 Å². The van der Waals surface area contributed by atoms with Crippen molar-refractivity contribution in [3.63, 3.8) is 0 Å². The Morgan fingerprint density at radius 1 is 1.36 bits per heavy atom. The predicted octanol–water partition coefficient (Wildman–Crippen LogP) is 4.21. The summed E-state index contributed by atoms with van der Waals surface area (Å²) in [5.41, 5.74) is 1.39. The van der Waals surface area contributed by atoms with Crippen LogP contribution in [0.15, 0.2) is 29.3 Å². The minimum atomic E-state index is 0. The van der Waals surface area contributed by atoms with Gasteiger partial charge < -0.3 is 15.0 Å². The lowest BCUT2D eigenvalue weighted by Gasteiger charge is -2.25. The summed E-state index contributed by atoms with van der Waals surface area (Å²) in [5, 5.41) is 3.46. The van der Waals surface area contributed by atoms with Gasteiger partial charge in [-0.05, 0) is 51.1 Å². The van der Waals surface area contributed by atoms with Gasteiger partial charge in [0.25, 0.3) is 0 Å². The largest absolute Gasteiger partial charge is 0.497 e. The molecule has 25 heavy (non-hydrogen) atoms. The van der Waals surface area contributed by atoms with Crippen LogP contribution in [0, 0.1) is 0 Å². The maximum absolute atomic E-state index is 5.26. The Morgan fingerprint density at radius 2 is 2.04 bits per heavy atom. The average Bonchev–Trinajstić information content (AvgIpc) is 3.08. The third-order valence-electron chi connectivity index (χ3n) is 4.57. The van der Waals surface area contributed by atoms with E-state index >= 15 is 0 Å². The summed E-state index contributed by atoms with van der Waals surface area (Å²) in [6.45, 7) is 10.4. The number of hydrogen-bond acceptors (Lipinski definition) is 3. The Labute approximate surface area is 174 Å². The average molecular weight is 477 g/mol. The van der Waals surface area contributed by atoms with E-state index in [2.05, 4.69) is 61.5 Å². The van der Waals surface area contributed by atoms with E-state index in [0.717, 1.165) is 37.9 Å². The molecule has 0 saturated carbocycles.